The van der Waals surface area contributed by atoms with Crippen molar-refractivity contribution in [2.75, 3.05) is 7.05 Å². The molecule has 2 heterocycles. The second kappa shape index (κ2) is 3.71. The molecule has 1 unspecified atom stereocenters. The van der Waals surface area contributed by atoms with E-state index in [0.717, 1.165) is 10.3 Å². The maximum absolute atomic E-state index is 4.24. The zero-order valence-electron chi connectivity index (χ0n) is 8.16. The summed E-state index contributed by atoms with van der Waals surface area (Å²) in [5, 5.41) is 3.21. The van der Waals surface area contributed by atoms with E-state index in [9.17, 15) is 0 Å². The molecule has 0 aliphatic rings. The van der Waals surface area contributed by atoms with Crippen LogP contribution in [0.1, 0.15) is 18.5 Å². The van der Waals surface area contributed by atoms with E-state index in [0.29, 0.717) is 6.04 Å². The number of nitrogens with one attached hydrogen (secondary N) is 1. The van der Waals surface area contributed by atoms with Gasteiger partial charge in [-0.05, 0) is 41.5 Å². The zero-order chi connectivity index (χ0) is 10.1. The third kappa shape index (κ3) is 1.55. The van der Waals surface area contributed by atoms with Crippen LogP contribution in [0.15, 0.2) is 29.1 Å². The van der Waals surface area contributed by atoms with Gasteiger partial charge in [0, 0.05) is 12.2 Å². The standard InChI is InChI=1S/C10H12BrN3/c1-7(12-2)8-3-4-10-13-5-9(11)14(10)6-8/h3-7,12H,1-2H3. The first-order chi connectivity index (χ1) is 6.72. The lowest BCUT2D eigenvalue weighted by Gasteiger charge is -2.10. The van der Waals surface area contributed by atoms with E-state index in [-0.39, 0.29) is 0 Å². The van der Waals surface area contributed by atoms with Crippen LogP contribution in [0.25, 0.3) is 5.65 Å². The Morgan fingerprint density at radius 2 is 2.29 bits per heavy atom. The highest BCUT2D eigenvalue weighted by Crippen LogP contribution is 2.17. The summed E-state index contributed by atoms with van der Waals surface area (Å²) in [6, 6.07) is 4.47. The molecule has 0 aliphatic carbocycles. The number of fused-ring (bicyclic) bond motifs is 1. The highest BCUT2D eigenvalue weighted by atomic mass is 79.9. The van der Waals surface area contributed by atoms with Crippen molar-refractivity contribution in [3.63, 3.8) is 0 Å². The third-order valence-corrected chi connectivity index (χ3v) is 3.00. The quantitative estimate of drug-likeness (QED) is 0.891. The van der Waals surface area contributed by atoms with Gasteiger partial charge in [-0.1, -0.05) is 6.07 Å². The van der Waals surface area contributed by atoms with Gasteiger partial charge in [-0.15, -0.1) is 0 Å². The lowest BCUT2D eigenvalue weighted by atomic mass is 10.1. The van der Waals surface area contributed by atoms with E-state index in [1.54, 1.807) is 0 Å². The van der Waals surface area contributed by atoms with Crippen LogP contribution in [0.3, 0.4) is 0 Å². The van der Waals surface area contributed by atoms with Crippen molar-refractivity contribution in [1.82, 2.24) is 14.7 Å². The molecule has 0 fully saturated rings. The Balaban J connectivity index is 2.54. The van der Waals surface area contributed by atoms with Crippen molar-refractivity contribution in [1.29, 1.82) is 0 Å². The van der Waals surface area contributed by atoms with Gasteiger partial charge in [0.1, 0.15) is 10.3 Å². The summed E-state index contributed by atoms with van der Waals surface area (Å²) in [6.45, 7) is 2.13. The highest BCUT2D eigenvalue weighted by molar-refractivity contribution is 9.10. The van der Waals surface area contributed by atoms with Crippen molar-refractivity contribution < 1.29 is 0 Å². The SMILES string of the molecule is CNC(C)c1ccc2ncc(Br)n2c1. The summed E-state index contributed by atoms with van der Waals surface area (Å²) in [5.41, 5.74) is 2.21. The Morgan fingerprint density at radius 3 is 3.00 bits per heavy atom. The molecule has 0 aromatic carbocycles. The molecule has 2 aromatic rings. The highest BCUT2D eigenvalue weighted by Gasteiger charge is 2.05. The van der Waals surface area contributed by atoms with Gasteiger partial charge in [0.15, 0.2) is 0 Å². The Labute approximate surface area is 91.3 Å². The fourth-order valence-corrected chi connectivity index (χ4v) is 1.78. The minimum atomic E-state index is 0.355. The summed E-state index contributed by atoms with van der Waals surface area (Å²) in [6.07, 6.45) is 3.90. The average Bonchev–Trinajstić information content (AvgIpc) is 2.59. The first-order valence-corrected chi connectivity index (χ1v) is 5.31. The molecule has 14 heavy (non-hydrogen) atoms. The van der Waals surface area contributed by atoms with E-state index >= 15 is 0 Å². The third-order valence-electron chi connectivity index (χ3n) is 2.42. The fourth-order valence-electron chi connectivity index (χ4n) is 1.39. The van der Waals surface area contributed by atoms with Crippen LogP contribution in [0.2, 0.25) is 0 Å². The molecule has 0 aliphatic heterocycles. The molecule has 3 nitrogen and oxygen atoms in total. The van der Waals surface area contributed by atoms with Crippen molar-refractivity contribution in [2.45, 2.75) is 13.0 Å². The zero-order valence-corrected chi connectivity index (χ0v) is 9.75. The molecule has 0 saturated carbocycles. The predicted octanol–water partition coefficient (Wildman–Crippen LogP) is 2.38. The second-order valence-corrected chi connectivity index (χ2v) is 4.09. The van der Waals surface area contributed by atoms with Crippen LogP contribution >= 0.6 is 15.9 Å². The van der Waals surface area contributed by atoms with Gasteiger partial charge in [-0.2, -0.15) is 0 Å². The maximum Gasteiger partial charge on any atom is 0.137 e. The summed E-state index contributed by atoms with van der Waals surface area (Å²) < 4.78 is 3.01. The maximum atomic E-state index is 4.24. The smallest absolute Gasteiger partial charge is 0.137 e. The van der Waals surface area contributed by atoms with E-state index < -0.39 is 0 Å². The molecular formula is C10H12BrN3. The molecule has 2 aromatic heterocycles. The largest absolute Gasteiger partial charge is 0.313 e. The monoisotopic (exact) mass is 253 g/mol. The average molecular weight is 254 g/mol. The van der Waals surface area contributed by atoms with Gasteiger partial charge in [0.05, 0.1) is 6.20 Å². The van der Waals surface area contributed by atoms with Crippen molar-refractivity contribution >= 4 is 21.6 Å². The van der Waals surface area contributed by atoms with Gasteiger partial charge < -0.3 is 5.32 Å². The van der Waals surface area contributed by atoms with Gasteiger partial charge in [-0.3, -0.25) is 4.40 Å². The number of nitrogens with zero attached hydrogens (tertiary/aromatic N) is 2. The predicted molar refractivity (Wildman–Crippen MR) is 60.4 cm³/mol. The van der Waals surface area contributed by atoms with Gasteiger partial charge in [0.25, 0.3) is 0 Å². The summed E-state index contributed by atoms with van der Waals surface area (Å²) >= 11 is 3.45. The summed E-state index contributed by atoms with van der Waals surface area (Å²) in [5.74, 6) is 0. The van der Waals surface area contributed by atoms with E-state index in [4.69, 9.17) is 0 Å². The number of imidazole rings is 1. The molecule has 0 radical (unpaired) electrons. The van der Waals surface area contributed by atoms with Crippen molar-refractivity contribution in [2.24, 2.45) is 0 Å². The van der Waals surface area contributed by atoms with Crippen LogP contribution in [-0.2, 0) is 0 Å². The first-order valence-electron chi connectivity index (χ1n) is 4.52. The molecule has 0 bridgehead atoms. The fraction of sp³-hybridized carbons (Fsp3) is 0.300. The van der Waals surface area contributed by atoms with Crippen LogP contribution in [0, 0.1) is 0 Å². The van der Waals surface area contributed by atoms with Crippen LogP contribution in [-0.4, -0.2) is 16.4 Å². The van der Waals surface area contributed by atoms with Gasteiger partial charge in [-0.25, -0.2) is 4.98 Å². The molecule has 0 spiro atoms. The Hall–Kier alpha value is -0.870. The van der Waals surface area contributed by atoms with Gasteiger partial charge in [0.2, 0.25) is 0 Å². The minimum Gasteiger partial charge on any atom is -0.313 e. The Kier molecular flexibility index (Phi) is 2.56. The summed E-state index contributed by atoms with van der Waals surface area (Å²) in [4.78, 5) is 4.24. The number of pyridine rings is 1. The normalized spacial score (nSPS) is 13.4. The van der Waals surface area contributed by atoms with E-state index in [1.807, 2.05) is 23.7 Å². The molecule has 1 atom stereocenters. The lowest BCUT2D eigenvalue weighted by Crippen LogP contribution is -2.12. The molecule has 0 amide bonds. The summed E-state index contributed by atoms with van der Waals surface area (Å²) in [7, 11) is 1.96. The van der Waals surface area contributed by atoms with Crippen molar-refractivity contribution in [3.05, 3.63) is 34.7 Å². The molecule has 74 valence electrons. The molecule has 4 heteroatoms. The first kappa shape index (κ1) is 9.68. The van der Waals surface area contributed by atoms with Crippen molar-refractivity contribution in [3.8, 4) is 0 Å². The number of aromatic nitrogens is 2. The van der Waals surface area contributed by atoms with Crippen LogP contribution in [0.5, 0.6) is 0 Å². The lowest BCUT2D eigenvalue weighted by molar-refractivity contribution is 0.648. The number of hydrogen-bond acceptors (Lipinski definition) is 2. The van der Waals surface area contributed by atoms with Crippen LogP contribution in [0.4, 0.5) is 0 Å². The van der Waals surface area contributed by atoms with Crippen LogP contribution < -0.4 is 5.32 Å². The number of rotatable bonds is 2. The number of halogens is 1. The molecular weight excluding hydrogens is 242 g/mol. The minimum absolute atomic E-state index is 0.355. The Bertz CT molecular complexity index is 450. The molecule has 2 rings (SSSR count). The topological polar surface area (TPSA) is 29.3 Å². The molecule has 0 saturated heterocycles. The van der Waals surface area contributed by atoms with Gasteiger partial charge >= 0.3 is 0 Å². The Morgan fingerprint density at radius 1 is 1.50 bits per heavy atom. The van der Waals surface area contributed by atoms with E-state index in [1.165, 1.54) is 5.56 Å². The number of hydrogen-bond donors (Lipinski definition) is 1. The second-order valence-electron chi connectivity index (χ2n) is 3.28. The van der Waals surface area contributed by atoms with E-state index in [2.05, 4.69) is 45.4 Å². The molecule has 1 N–H and O–H groups in total.